The van der Waals surface area contributed by atoms with Crippen LogP contribution in [0.3, 0.4) is 0 Å². The molecule has 1 atom stereocenters. The Morgan fingerprint density at radius 2 is 2.00 bits per heavy atom. The van der Waals surface area contributed by atoms with Crippen LogP contribution in [0.5, 0.6) is 0 Å². The third kappa shape index (κ3) is 4.74. The molecule has 0 bridgehead atoms. The molecule has 0 aromatic heterocycles. The lowest BCUT2D eigenvalue weighted by Crippen LogP contribution is -2.26. The van der Waals surface area contributed by atoms with E-state index in [-0.39, 0.29) is 34.1 Å². The van der Waals surface area contributed by atoms with Crippen molar-refractivity contribution in [3.63, 3.8) is 0 Å². The molecule has 148 valence electrons. The summed E-state index contributed by atoms with van der Waals surface area (Å²) in [6.45, 7) is 3.82. The van der Waals surface area contributed by atoms with Gasteiger partial charge in [0.05, 0.1) is 21.6 Å². The highest BCUT2D eigenvalue weighted by atomic mass is 32.2. The van der Waals surface area contributed by atoms with Gasteiger partial charge < -0.3 is 10.6 Å². The van der Waals surface area contributed by atoms with E-state index in [0.29, 0.717) is 11.4 Å². The molecule has 1 aliphatic heterocycles. The van der Waals surface area contributed by atoms with Gasteiger partial charge in [-0.15, -0.1) is 11.8 Å². The number of carbonyl (C=O) groups excluding carboxylic acids is 2. The molecule has 28 heavy (non-hydrogen) atoms. The Labute approximate surface area is 169 Å². The van der Waals surface area contributed by atoms with Gasteiger partial charge >= 0.3 is 0 Å². The molecule has 6 nitrogen and oxygen atoms in total. The maximum absolute atomic E-state index is 12.6. The summed E-state index contributed by atoms with van der Waals surface area (Å²) in [5.41, 5.74) is 2.24. The Hall–Kier alpha value is -2.32. The number of carbonyl (C=O) groups is 2. The van der Waals surface area contributed by atoms with E-state index in [2.05, 4.69) is 10.6 Å². The minimum absolute atomic E-state index is 0.0995. The summed E-state index contributed by atoms with van der Waals surface area (Å²) >= 11 is 1.39. The SMILES string of the molecule is CCc1cccc(NC(=O)CCS(=O)(=O)c2ccc3c(c2)NC(=O)[C@@H](C)S3)c1. The summed E-state index contributed by atoms with van der Waals surface area (Å²) in [5, 5.41) is 5.25. The van der Waals surface area contributed by atoms with Crippen LogP contribution < -0.4 is 10.6 Å². The maximum atomic E-state index is 12.6. The summed E-state index contributed by atoms with van der Waals surface area (Å²) in [6.07, 6.45) is 0.706. The van der Waals surface area contributed by atoms with Crippen LogP contribution in [0.15, 0.2) is 52.3 Å². The number of nitrogens with one attached hydrogen (secondary N) is 2. The van der Waals surface area contributed by atoms with E-state index in [1.165, 1.54) is 23.9 Å². The first kappa shape index (κ1) is 20.4. The average Bonchev–Trinajstić information content (AvgIpc) is 2.67. The minimum atomic E-state index is -3.65. The van der Waals surface area contributed by atoms with Gasteiger partial charge in [0.2, 0.25) is 11.8 Å². The normalized spacial score (nSPS) is 16.2. The van der Waals surface area contributed by atoms with Crippen LogP contribution in [0.2, 0.25) is 0 Å². The number of aryl methyl sites for hydroxylation is 1. The monoisotopic (exact) mass is 418 g/mol. The van der Waals surface area contributed by atoms with E-state index in [4.69, 9.17) is 0 Å². The Kier molecular flexibility index (Phi) is 6.10. The van der Waals surface area contributed by atoms with Gasteiger partial charge in [-0.05, 0) is 49.2 Å². The van der Waals surface area contributed by atoms with Crippen molar-refractivity contribution in [2.45, 2.75) is 41.7 Å². The average molecular weight is 419 g/mol. The number of sulfone groups is 1. The third-order valence-corrected chi connectivity index (χ3v) is 7.35. The summed E-state index contributed by atoms with van der Waals surface area (Å²) in [4.78, 5) is 24.9. The number of anilines is 2. The highest BCUT2D eigenvalue weighted by molar-refractivity contribution is 8.01. The van der Waals surface area contributed by atoms with Gasteiger partial charge in [0.1, 0.15) is 0 Å². The molecule has 0 aliphatic carbocycles. The molecular formula is C20H22N2O4S2. The Morgan fingerprint density at radius 1 is 1.21 bits per heavy atom. The molecule has 0 radical (unpaired) electrons. The smallest absolute Gasteiger partial charge is 0.237 e. The molecule has 2 aromatic rings. The molecule has 0 fully saturated rings. The Balaban J connectivity index is 1.66. The number of hydrogen-bond donors (Lipinski definition) is 2. The molecule has 1 aliphatic rings. The molecule has 0 unspecified atom stereocenters. The molecule has 8 heteroatoms. The maximum Gasteiger partial charge on any atom is 0.237 e. The number of hydrogen-bond acceptors (Lipinski definition) is 5. The van der Waals surface area contributed by atoms with Crippen molar-refractivity contribution in [1.82, 2.24) is 0 Å². The van der Waals surface area contributed by atoms with Crippen LogP contribution in [0, 0.1) is 0 Å². The fourth-order valence-corrected chi connectivity index (χ4v) is 5.01. The lowest BCUT2D eigenvalue weighted by atomic mass is 10.1. The summed E-state index contributed by atoms with van der Waals surface area (Å²) < 4.78 is 25.2. The topological polar surface area (TPSA) is 92.3 Å². The minimum Gasteiger partial charge on any atom is -0.326 e. The van der Waals surface area contributed by atoms with Crippen molar-refractivity contribution >= 4 is 44.8 Å². The van der Waals surface area contributed by atoms with Crippen molar-refractivity contribution in [1.29, 1.82) is 0 Å². The van der Waals surface area contributed by atoms with Crippen LogP contribution in [0.1, 0.15) is 25.8 Å². The summed E-state index contributed by atoms with van der Waals surface area (Å²) in [7, 11) is -3.65. The Bertz CT molecular complexity index is 1020. The van der Waals surface area contributed by atoms with Crippen LogP contribution >= 0.6 is 11.8 Å². The first-order valence-electron chi connectivity index (χ1n) is 9.01. The molecule has 3 rings (SSSR count). The first-order chi connectivity index (χ1) is 13.3. The molecule has 0 spiro atoms. The number of benzene rings is 2. The van der Waals surface area contributed by atoms with Crippen molar-refractivity contribution in [3.05, 3.63) is 48.0 Å². The number of thioether (sulfide) groups is 1. The van der Waals surface area contributed by atoms with Crippen LogP contribution in [0.4, 0.5) is 11.4 Å². The fraction of sp³-hybridized carbons (Fsp3) is 0.300. The van der Waals surface area contributed by atoms with E-state index in [9.17, 15) is 18.0 Å². The predicted octanol–water partition coefficient (Wildman–Crippen LogP) is 3.48. The van der Waals surface area contributed by atoms with E-state index in [0.717, 1.165) is 16.9 Å². The highest BCUT2D eigenvalue weighted by Gasteiger charge is 2.25. The predicted molar refractivity (Wildman–Crippen MR) is 112 cm³/mol. The van der Waals surface area contributed by atoms with Gasteiger partial charge in [-0.25, -0.2) is 8.42 Å². The Morgan fingerprint density at radius 3 is 2.75 bits per heavy atom. The fourth-order valence-electron chi connectivity index (χ4n) is 2.82. The molecular weight excluding hydrogens is 396 g/mol. The highest BCUT2D eigenvalue weighted by Crippen LogP contribution is 2.36. The summed E-state index contributed by atoms with van der Waals surface area (Å²) in [5.74, 6) is -0.809. The summed E-state index contributed by atoms with van der Waals surface area (Å²) in [6, 6.07) is 12.1. The zero-order valence-corrected chi connectivity index (χ0v) is 17.3. The van der Waals surface area contributed by atoms with Crippen molar-refractivity contribution < 1.29 is 18.0 Å². The van der Waals surface area contributed by atoms with Crippen LogP contribution in [0.25, 0.3) is 0 Å². The van der Waals surface area contributed by atoms with Crippen molar-refractivity contribution in [2.75, 3.05) is 16.4 Å². The van der Waals surface area contributed by atoms with E-state index in [1.807, 2.05) is 25.1 Å². The second-order valence-electron chi connectivity index (χ2n) is 6.58. The van der Waals surface area contributed by atoms with Gasteiger partial charge in [-0.3, -0.25) is 9.59 Å². The van der Waals surface area contributed by atoms with E-state index in [1.54, 1.807) is 19.1 Å². The first-order valence-corrected chi connectivity index (χ1v) is 11.5. The lowest BCUT2D eigenvalue weighted by molar-refractivity contribution is -0.116. The molecule has 2 N–H and O–H groups in total. The second-order valence-corrected chi connectivity index (χ2v) is 10.1. The quantitative estimate of drug-likeness (QED) is 0.749. The van der Waals surface area contributed by atoms with Crippen LogP contribution in [-0.4, -0.2) is 31.2 Å². The third-order valence-electron chi connectivity index (χ3n) is 4.46. The molecule has 0 saturated carbocycles. The van der Waals surface area contributed by atoms with Gasteiger partial charge in [0.25, 0.3) is 0 Å². The van der Waals surface area contributed by atoms with E-state index < -0.39 is 9.84 Å². The molecule has 0 saturated heterocycles. The largest absolute Gasteiger partial charge is 0.326 e. The van der Waals surface area contributed by atoms with Crippen molar-refractivity contribution in [3.8, 4) is 0 Å². The number of fused-ring (bicyclic) bond motifs is 1. The van der Waals surface area contributed by atoms with E-state index >= 15 is 0 Å². The molecule has 2 aromatic carbocycles. The zero-order valence-electron chi connectivity index (χ0n) is 15.7. The van der Waals surface area contributed by atoms with Crippen LogP contribution in [-0.2, 0) is 25.8 Å². The molecule has 2 amide bonds. The standard InChI is InChI=1S/C20H22N2O4S2/c1-3-14-5-4-6-15(11-14)21-19(23)9-10-28(25,26)16-7-8-18-17(12-16)22-20(24)13(2)27-18/h4-8,11-13H,3,9-10H2,1-2H3,(H,21,23)(H,22,24)/t13-/m1/s1. The molecule has 1 heterocycles. The second kappa shape index (κ2) is 8.36. The van der Waals surface area contributed by atoms with Crippen molar-refractivity contribution in [2.24, 2.45) is 0 Å². The number of amides is 2. The van der Waals surface area contributed by atoms with Gasteiger partial charge in [0.15, 0.2) is 9.84 Å². The van der Waals surface area contributed by atoms with Gasteiger partial charge in [0, 0.05) is 17.0 Å². The lowest BCUT2D eigenvalue weighted by Gasteiger charge is -2.21. The zero-order chi connectivity index (χ0) is 20.3. The number of rotatable bonds is 6. The van der Waals surface area contributed by atoms with Gasteiger partial charge in [-0.1, -0.05) is 19.1 Å². The van der Waals surface area contributed by atoms with Gasteiger partial charge in [-0.2, -0.15) is 0 Å².